The number of anilines is 1. The monoisotopic (exact) mass is 446 g/mol. The number of aromatic carboxylic acids is 1. The van der Waals surface area contributed by atoms with Crippen LogP contribution in [0.15, 0.2) is 72.8 Å². The number of nitrogens with two attached hydrogens (primary N) is 1. The van der Waals surface area contributed by atoms with E-state index in [0.717, 1.165) is 37.2 Å². The van der Waals surface area contributed by atoms with E-state index in [1.54, 1.807) is 30.3 Å². The minimum Gasteiger partial charge on any atom is -0.478 e. The van der Waals surface area contributed by atoms with Crippen LogP contribution in [0.1, 0.15) is 58.1 Å². The lowest BCUT2D eigenvalue weighted by Gasteiger charge is -2.34. The summed E-state index contributed by atoms with van der Waals surface area (Å²) >= 11 is 0. The van der Waals surface area contributed by atoms with Gasteiger partial charge in [-0.25, -0.2) is 9.18 Å². The molecule has 1 aliphatic heterocycles. The Morgan fingerprint density at radius 2 is 1.45 bits per heavy atom. The van der Waals surface area contributed by atoms with Gasteiger partial charge >= 0.3 is 5.97 Å². The van der Waals surface area contributed by atoms with Crippen LogP contribution in [-0.2, 0) is 4.79 Å². The molecule has 6 heteroatoms. The first-order chi connectivity index (χ1) is 16.0. The van der Waals surface area contributed by atoms with Crippen LogP contribution in [0.4, 0.5) is 10.1 Å². The third-order valence-corrected chi connectivity index (χ3v) is 6.37. The van der Waals surface area contributed by atoms with Crippen LogP contribution in [0.5, 0.6) is 0 Å². The summed E-state index contributed by atoms with van der Waals surface area (Å²) in [4.78, 5) is 26.5. The molecule has 5 nitrogen and oxygen atoms in total. The number of hydrogen-bond acceptors (Lipinski definition) is 3. The van der Waals surface area contributed by atoms with Crippen LogP contribution < -0.4 is 10.6 Å². The Balaban J connectivity index is 1.90. The second-order valence-electron chi connectivity index (χ2n) is 8.41. The summed E-state index contributed by atoms with van der Waals surface area (Å²) in [6, 6.07) is 20.3. The highest BCUT2D eigenvalue weighted by Crippen LogP contribution is 2.43. The fourth-order valence-electron chi connectivity index (χ4n) is 4.78. The topological polar surface area (TPSA) is 83.6 Å². The Morgan fingerprint density at radius 1 is 0.848 bits per heavy atom. The number of hydrogen-bond donors (Lipinski definition) is 2. The van der Waals surface area contributed by atoms with Crippen LogP contribution in [0.3, 0.4) is 0 Å². The van der Waals surface area contributed by atoms with E-state index in [4.69, 9.17) is 5.73 Å². The second-order valence-corrected chi connectivity index (χ2v) is 8.41. The van der Waals surface area contributed by atoms with Crippen LogP contribution in [0.25, 0.3) is 0 Å². The molecule has 0 aliphatic carbocycles. The molecule has 3 aromatic carbocycles. The second kappa shape index (κ2) is 9.86. The van der Waals surface area contributed by atoms with Crippen LogP contribution >= 0.6 is 0 Å². The highest BCUT2D eigenvalue weighted by molar-refractivity contribution is 5.88. The van der Waals surface area contributed by atoms with Crippen LogP contribution in [-0.4, -0.2) is 30.1 Å². The van der Waals surface area contributed by atoms with E-state index in [-0.39, 0.29) is 5.56 Å². The third-order valence-electron chi connectivity index (χ3n) is 6.37. The normalized spacial score (nSPS) is 15.6. The van der Waals surface area contributed by atoms with E-state index < -0.39 is 29.5 Å². The maximum Gasteiger partial charge on any atom is 0.335 e. The van der Waals surface area contributed by atoms with Crippen molar-refractivity contribution in [3.63, 3.8) is 0 Å². The van der Waals surface area contributed by atoms with E-state index in [2.05, 4.69) is 4.90 Å². The molecule has 0 radical (unpaired) electrons. The van der Waals surface area contributed by atoms with Crippen molar-refractivity contribution >= 4 is 17.6 Å². The van der Waals surface area contributed by atoms with Gasteiger partial charge in [0, 0.05) is 24.7 Å². The Labute approximate surface area is 192 Å². The number of carbonyl (C=O) groups excluding carboxylic acids is 1. The van der Waals surface area contributed by atoms with Crippen LogP contribution in [0.2, 0.25) is 0 Å². The van der Waals surface area contributed by atoms with Crippen molar-refractivity contribution in [2.24, 2.45) is 5.73 Å². The van der Waals surface area contributed by atoms with Gasteiger partial charge in [-0.2, -0.15) is 0 Å². The molecule has 3 N–H and O–H groups in total. The van der Waals surface area contributed by atoms with Crippen molar-refractivity contribution in [1.29, 1.82) is 0 Å². The van der Waals surface area contributed by atoms with Crippen molar-refractivity contribution in [3.05, 3.63) is 101 Å². The van der Waals surface area contributed by atoms with E-state index in [9.17, 15) is 14.7 Å². The lowest BCUT2D eigenvalue weighted by atomic mass is 9.75. The SMILES string of the molecule is NC(=O)C(c1ccc(C(=O)O)cc1)C(c1ccccc1F)c1ccccc1N1CCCCC1. The molecule has 33 heavy (non-hydrogen) atoms. The quantitative estimate of drug-likeness (QED) is 0.540. The molecule has 4 rings (SSSR count). The van der Waals surface area contributed by atoms with Gasteiger partial charge in [0.05, 0.1) is 11.5 Å². The maximum absolute atomic E-state index is 15.2. The van der Waals surface area contributed by atoms with Crippen molar-refractivity contribution in [1.82, 2.24) is 0 Å². The minimum atomic E-state index is -1.06. The molecule has 1 amide bonds. The third kappa shape index (κ3) is 4.75. The van der Waals surface area contributed by atoms with Crippen molar-refractivity contribution in [3.8, 4) is 0 Å². The number of para-hydroxylation sites is 1. The number of carbonyl (C=O) groups is 2. The summed E-state index contributed by atoms with van der Waals surface area (Å²) in [5.41, 5.74) is 8.77. The Bertz CT molecular complexity index is 1140. The average Bonchev–Trinajstić information content (AvgIpc) is 2.83. The van der Waals surface area contributed by atoms with E-state index in [1.165, 1.54) is 24.6 Å². The first-order valence-corrected chi connectivity index (χ1v) is 11.2. The van der Waals surface area contributed by atoms with Gasteiger partial charge in [0.2, 0.25) is 5.91 Å². The number of carboxylic acids is 1. The number of amides is 1. The lowest BCUT2D eigenvalue weighted by molar-refractivity contribution is -0.119. The average molecular weight is 447 g/mol. The summed E-state index contributed by atoms with van der Waals surface area (Å²) < 4.78 is 15.2. The van der Waals surface area contributed by atoms with Gasteiger partial charge in [0.1, 0.15) is 5.82 Å². The van der Waals surface area contributed by atoms with E-state index in [1.807, 2.05) is 24.3 Å². The first kappa shape index (κ1) is 22.5. The molecular formula is C27H27FN2O3. The lowest BCUT2D eigenvalue weighted by Crippen LogP contribution is -2.33. The molecule has 2 unspecified atom stereocenters. The number of halogens is 1. The fraction of sp³-hybridized carbons (Fsp3) is 0.259. The van der Waals surface area contributed by atoms with Gasteiger partial charge in [-0.15, -0.1) is 0 Å². The number of primary amides is 1. The summed E-state index contributed by atoms with van der Waals surface area (Å²) in [6.07, 6.45) is 3.33. The summed E-state index contributed by atoms with van der Waals surface area (Å²) in [6.45, 7) is 1.80. The number of benzene rings is 3. The number of rotatable bonds is 7. The molecule has 1 heterocycles. The summed E-state index contributed by atoms with van der Waals surface area (Å²) in [7, 11) is 0. The van der Waals surface area contributed by atoms with Gasteiger partial charge < -0.3 is 15.7 Å². The van der Waals surface area contributed by atoms with Gasteiger partial charge in [-0.05, 0) is 60.2 Å². The smallest absolute Gasteiger partial charge is 0.335 e. The molecule has 2 atom stereocenters. The van der Waals surface area contributed by atoms with Crippen LogP contribution in [0, 0.1) is 5.82 Å². The zero-order valence-corrected chi connectivity index (χ0v) is 18.3. The fourth-order valence-corrected chi connectivity index (χ4v) is 4.78. The van der Waals surface area contributed by atoms with Crippen molar-refractivity contribution < 1.29 is 19.1 Å². The van der Waals surface area contributed by atoms with Gasteiger partial charge in [0.15, 0.2) is 0 Å². The largest absolute Gasteiger partial charge is 0.478 e. The highest BCUT2D eigenvalue weighted by Gasteiger charge is 2.35. The number of carboxylic acid groups (broad SMARTS) is 1. The number of piperidine rings is 1. The molecule has 0 aromatic heterocycles. The first-order valence-electron chi connectivity index (χ1n) is 11.2. The van der Waals surface area contributed by atoms with Crippen molar-refractivity contribution in [2.45, 2.75) is 31.1 Å². The van der Waals surface area contributed by atoms with Gasteiger partial charge in [-0.1, -0.05) is 48.5 Å². The molecule has 3 aromatic rings. The van der Waals surface area contributed by atoms with Gasteiger partial charge in [-0.3, -0.25) is 4.79 Å². The Kier molecular flexibility index (Phi) is 6.73. The standard InChI is InChI=1S/C27H27FN2O3/c28-22-10-4-2-8-20(22)25(21-9-3-5-11-23(21)30-16-6-1-7-17-30)24(26(29)31)18-12-14-19(15-13-18)27(32)33/h2-5,8-15,24-25H,1,6-7,16-17H2,(H2,29,31)(H,32,33). The molecule has 0 spiro atoms. The Morgan fingerprint density at radius 3 is 2.06 bits per heavy atom. The van der Waals surface area contributed by atoms with Crippen molar-refractivity contribution in [2.75, 3.05) is 18.0 Å². The molecule has 1 fully saturated rings. The predicted octanol–water partition coefficient (Wildman–Crippen LogP) is 4.92. The molecule has 0 saturated carbocycles. The van der Waals surface area contributed by atoms with Gasteiger partial charge in [0.25, 0.3) is 0 Å². The predicted molar refractivity (Wildman–Crippen MR) is 126 cm³/mol. The highest BCUT2D eigenvalue weighted by atomic mass is 19.1. The molecule has 1 aliphatic rings. The minimum absolute atomic E-state index is 0.109. The number of nitrogens with zero attached hydrogens (tertiary/aromatic N) is 1. The summed E-state index contributed by atoms with van der Waals surface area (Å²) in [5, 5.41) is 9.26. The summed E-state index contributed by atoms with van der Waals surface area (Å²) in [5.74, 6) is -3.62. The zero-order valence-electron chi connectivity index (χ0n) is 18.3. The molecule has 0 bridgehead atoms. The zero-order chi connectivity index (χ0) is 23.4. The molecule has 170 valence electrons. The maximum atomic E-state index is 15.2. The Hall–Kier alpha value is -3.67. The van der Waals surface area contributed by atoms with E-state index >= 15 is 4.39 Å². The molecular weight excluding hydrogens is 419 g/mol. The molecule has 1 saturated heterocycles. The van der Waals surface area contributed by atoms with E-state index in [0.29, 0.717) is 11.1 Å².